The van der Waals surface area contributed by atoms with E-state index in [1.165, 1.54) is 0 Å². The maximum Gasteiger partial charge on any atom is 0.0641 e. The van der Waals surface area contributed by atoms with Crippen molar-refractivity contribution in [3.05, 3.63) is 29.8 Å². The summed E-state index contributed by atoms with van der Waals surface area (Å²) in [6, 6.07) is 9.85. The van der Waals surface area contributed by atoms with Crippen LogP contribution in [0.15, 0.2) is 24.3 Å². The second kappa shape index (κ2) is 8.23. The van der Waals surface area contributed by atoms with Crippen molar-refractivity contribution in [3.63, 3.8) is 0 Å². The topological polar surface area (TPSA) is 53.0 Å². The Bertz CT molecular complexity index is 330. The van der Waals surface area contributed by atoms with Crippen molar-refractivity contribution in [2.75, 3.05) is 19.0 Å². The number of anilines is 1. The molecule has 0 aromatic heterocycles. The average Bonchev–Trinajstić information content (AvgIpc) is 2.18. The third kappa shape index (κ3) is 4.71. The Hall–Kier alpha value is -0.950. The van der Waals surface area contributed by atoms with Gasteiger partial charge in [0, 0.05) is 25.8 Å². The van der Waals surface area contributed by atoms with Crippen LogP contribution in [-0.4, -0.2) is 14.1 Å². The molecule has 0 bridgehead atoms. The van der Waals surface area contributed by atoms with Gasteiger partial charge in [0.2, 0.25) is 0 Å². The van der Waals surface area contributed by atoms with Gasteiger partial charge in [-0.15, -0.1) is 24.8 Å². The zero-order valence-electron chi connectivity index (χ0n) is 9.38. The lowest BCUT2D eigenvalue weighted by molar-refractivity contribution is 0.748. The molecule has 0 radical (unpaired) electrons. The molecule has 90 valence electrons. The van der Waals surface area contributed by atoms with Crippen LogP contribution in [0.2, 0.25) is 0 Å². The summed E-state index contributed by atoms with van der Waals surface area (Å²) in [5, 5.41) is 8.50. The van der Waals surface area contributed by atoms with E-state index in [1.54, 1.807) is 0 Å². The van der Waals surface area contributed by atoms with Crippen molar-refractivity contribution in [1.82, 2.24) is 0 Å². The minimum absolute atomic E-state index is 0. The highest BCUT2D eigenvalue weighted by Gasteiger charge is 2.04. The number of nitrogens with zero attached hydrogens (tertiary/aromatic N) is 2. The Balaban J connectivity index is 0. The number of benzene rings is 1. The molecule has 0 aliphatic rings. The maximum atomic E-state index is 8.50. The molecule has 0 fully saturated rings. The quantitative estimate of drug-likeness (QED) is 0.910. The molecule has 0 saturated carbocycles. The third-order valence-corrected chi connectivity index (χ3v) is 2.15. The van der Waals surface area contributed by atoms with Crippen LogP contribution < -0.4 is 10.6 Å². The minimum atomic E-state index is -0.170. The van der Waals surface area contributed by atoms with Gasteiger partial charge in [0.05, 0.1) is 12.5 Å². The van der Waals surface area contributed by atoms with E-state index in [2.05, 4.69) is 6.07 Å². The molecule has 3 nitrogen and oxygen atoms in total. The van der Waals surface area contributed by atoms with Crippen molar-refractivity contribution in [2.45, 2.75) is 12.5 Å². The van der Waals surface area contributed by atoms with Crippen LogP contribution in [0.1, 0.15) is 18.0 Å². The molecule has 1 aromatic carbocycles. The minimum Gasteiger partial charge on any atom is -0.378 e. The van der Waals surface area contributed by atoms with Crippen LogP contribution in [0, 0.1) is 11.3 Å². The Labute approximate surface area is 109 Å². The van der Waals surface area contributed by atoms with E-state index >= 15 is 0 Å². The molecule has 1 aromatic rings. The lowest BCUT2D eigenvalue weighted by Gasteiger charge is -2.14. The number of nitriles is 1. The first-order valence-corrected chi connectivity index (χ1v) is 4.55. The molecule has 5 heteroatoms. The zero-order chi connectivity index (χ0) is 10.6. The molecule has 0 saturated heterocycles. The van der Waals surface area contributed by atoms with Crippen LogP contribution in [0.5, 0.6) is 0 Å². The number of hydrogen-bond acceptors (Lipinski definition) is 3. The molecule has 0 spiro atoms. The number of hydrogen-bond donors (Lipinski definition) is 1. The van der Waals surface area contributed by atoms with Crippen molar-refractivity contribution in [1.29, 1.82) is 5.26 Å². The lowest BCUT2D eigenvalue weighted by Crippen LogP contribution is -2.11. The van der Waals surface area contributed by atoms with Crippen molar-refractivity contribution >= 4 is 30.5 Å². The molecular weight excluding hydrogens is 245 g/mol. The van der Waals surface area contributed by atoms with Gasteiger partial charge in [-0.25, -0.2) is 0 Å². The summed E-state index contributed by atoms with van der Waals surface area (Å²) < 4.78 is 0. The van der Waals surface area contributed by atoms with Gasteiger partial charge < -0.3 is 10.6 Å². The molecule has 0 unspecified atom stereocenters. The fourth-order valence-electron chi connectivity index (χ4n) is 1.24. The van der Waals surface area contributed by atoms with Gasteiger partial charge >= 0.3 is 0 Å². The predicted octanol–water partition coefficient (Wildman–Crippen LogP) is 2.51. The first kappa shape index (κ1) is 17.4. The molecule has 0 heterocycles. The van der Waals surface area contributed by atoms with Gasteiger partial charge in [0.1, 0.15) is 0 Å². The SMILES string of the molecule is CN(C)c1ccc([C@@H](N)CC#N)cc1.Cl.Cl. The lowest BCUT2D eigenvalue weighted by atomic mass is 10.1. The Morgan fingerprint density at radius 3 is 2.12 bits per heavy atom. The molecule has 1 rings (SSSR count). The maximum absolute atomic E-state index is 8.50. The fourth-order valence-corrected chi connectivity index (χ4v) is 1.24. The fraction of sp³-hybridized carbons (Fsp3) is 0.364. The average molecular weight is 262 g/mol. The van der Waals surface area contributed by atoms with Gasteiger partial charge in [-0.2, -0.15) is 5.26 Å². The second-order valence-corrected chi connectivity index (χ2v) is 3.45. The van der Waals surface area contributed by atoms with Crippen LogP contribution >= 0.6 is 24.8 Å². The van der Waals surface area contributed by atoms with Gasteiger partial charge in [0.15, 0.2) is 0 Å². The van der Waals surface area contributed by atoms with E-state index in [0.29, 0.717) is 6.42 Å². The third-order valence-electron chi connectivity index (χ3n) is 2.15. The van der Waals surface area contributed by atoms with Gasteiger partial charge in [-0.1, -0.05) is 12.1 Å². The molecule has 1 atom stereocenters. The van der Waals surface area contributed by atoms with Crippen molar-refractivity contribution in [2.24, 2.45) is 5.73 Å². The van der Waals surface area contributed by atoms with Gasteiger partial charge in [0.25, 0.3) is 0 Å². The van der Waals surface area contributed by atoms with E-state index in [1.807, 2.05) is 43.3 Å². The smallest absolute Gasteiger partial charge is 0.0641 e. The summed E-state index contributed by atoms with van der Waals surface area (Å²) in [5.74, 6) is 0. The number of nitrogens with two attached hydrogens (primary N) is 1. The van der Waals surface area contributed by atoms with Gasteiger partial charge in [-0.05, 0) is 17.7 Å². The van der Waals surface area contributed by atoms with Crippen LogP contribution in [0.3, 0.4) is 0 Å². The van der Waals surface area contributed by atoms with Crippen molar-refractivity contribution in [3.8, 4) is 6.07 Å². The molecule has 2 N–H and O–H groups in total. The standard InChI is InChI=1S/C11H15N3.2ClH/c1-14(2)10-5-3-9(4-6-10)11(13)7-8-12;;/h3-6,11H,7,13H2,1-2H3;2*1H/t11-;;/m0../s1. The first-order chi connectivity index (χ1) is 6.65. The van der Waals surface area contributed by atoms with E-state index in [0.717, 1.165) is 11.3 Å². The van der Waals surface area contributed by atoms with E-state index in [-0.39, 0.29) is 30.9 Å². The Morgan fingerprint density at radius 1 is 1.25 bits per heavy atom. The highest BCUT2D eigenvalue weighted by Crippen LogP contribution is 2.17. The van der Waals surface area contributed by atoms with Crippen molar-refractivity contribution < 1.29 is 0 Å². The van der Waals surface area contributed by atoms with Crippen LogP contribution in [0.4, 0.5) is 5.69 Å². The summed E-state index contributed by atoms with van der Waals surface area (Å²) in [4.78, 5) is 2.03. The zero-order valence-corrected chi connectivity index (χ0v) is 11.0. The monoisotopic (exact) mass is 261 g/mol. The summed E-state index contributed by atoms with van der Waals surface area (Å²) in [6.07, 6.45) is 0.362. The predicted molar refractivity (Wildman–Crippen MR) is 72.4 cm³/mol. The highest BCUT2D eigenvalue weighted by atomic mass is 35.5. The molecule has 0 amide bonds. The Morgan fingerprint density at radius 2 is 1.75 bits per heavy atom. The van der Waals surface area contributed by atoms with Crippen LogP contribution in [0.25, 0.3) is 0 Å². The molecule has 16 heavy (non-hydrogen) atoms. The van der Waals surface area contributed by atoms with E-state index in [9.17, 15) is 0 Å². The normalized spacial score (nSPS) is 10.4. The molecular formula is C11H17Cl2N3. The Kier molecular flexibility index (Phi) is 8.97. The molecule has 0 aliphatic carbocycles. The largest absolute Gasteiger partial charge is 0.378 e. The van der Waals surface area contributed by atoms with Gasteiger partial charge in [-0.3, -0.25) is 0 Å². The summed E-state index contributed by atoms with van der Waals surface area (Å²) in [7, 11) is 3.98. The van der Waals surface area contributed by atoms with E-state index < -0.39 is 0 Å². The van der Waals surface area contributed by atoms with E-state index in [4.69, 9.17) is 11.0 Å². The highest BCUT2D eigenvalue weighted by molar-refractivity contribution is 5.85. The summed E-state index contributed by atoms with van der Waals surface area (Å²) in [6.45, 7) is 0. The number of rotatable bonds is 3. The summed E-state index contributed by atoms with van der Waals surface area (Å²) in [5.41, 5.74) is 7.94. The molecule has 0 aliphatic heterocycles. The van der Waals surface area contributed by atoms with Crippen LogP contribution in [-0.2, 0) is 0 Å². The number of halogens is 2. The summed E-state index contributed by atoms with van der Waals surface area (Å²) >= 11 is 0. The second-order valence-electron chi connectivity index (χ2n) is 3.45. The first-order valence-electron chi connectivity index (χ1n) is 4.55.